The lowest BCUT2D eigenvalue weighted by molar-refractivity contribution is -0.141. The van der Waals surface area contributed by atoms with Gasteiger partial charge in [0.25, 0.3) is 11.8 Å². The van der Waals surface area contributed by atoms with E-state index in [1.807, 2.05) is 12.1 Å². The number of carboxylic acids is 1. The zero-order valence-electron chi connectivity index (χ0n) is 43.1. The van der Waals surface area contributed by atoms with E-state index in [1.165, 1.54) is 4.90 Å². The van der Waals surface area contributed by atoms with Crippen LogP contribution in [0.5, 0.6) is 0 Å². The van der Waals surface area contributed by atoms with Gasteiger partial charge in [-0.2, -0.15) is 0 Å². The molecule has 3 aromatic rings. The van der Waals surface area contributed by atoms with Gasteiger partial charge in [-0.25, -0.2) is 8.78 Å². The number of carboxylic acid groups (broad SMARTS) is 1. The van der Waals surface area contributed by atoms with E-state index >= 15 is 4.39 Å². The number of carbonyl (C=O) groups excluding carboxylic acids is 11. The maximum atomic E-state index is 15.4. The van der Waals surface area contributed by atoms with Crippen molar-refractivity contribution in [1.29, 1.82) is 0 Å². The van der Waals surface area contributed by atoms with E-state index in [-0.39, 0.29) is 17.7 Å². The smallest absolute Gasteiger partial charge is 0.303 e. The minimum absolute atomic E-state index is 0.101. The Morgan fingerprint density at radius 1 is 0.731 bits per heavy atom. The maximum Gasteiger partial charge on any atom is 0.303 e. The molecule has 0 bridgehead atoms. The summed E-state index contributed by atoms with van der Waals surface area (Å²) in [5.41, 5.74) is 11.1. The molecular formula is C51H63F2N11O14. The molecule has 1 aliphatic heterocycles. The van der Waals surface area contributed by atoms with Gasteiger partial charge in [0.15, 0.2) is 0 Å². The van der Waals surface area contributed by atoms with Crippen molar-refractivity contribution in [3.8, 4) is 11.1 Å². The van der Waals surface area contributed by atoms with E-state index in [2.05, 4.69) is 31.9 Å². The summed E-state index contributed by atoms with van der Waals surface area (Å²) < 4.78 is 31.7. The second kappa shape index (κ2) is 28.3. The molecule has 0 saturated heterocycles. The number of aliphatic carboxylic acids is 1. The fraction of sp³-hybridized carbons (Fsp3) is 0.412. The molecule has 420 valence electrons. The number of nitrogens with zero attached hydrogens (tertiary/aromatic N) is 3. The molecule has 27 heteroatoms. The molecule has 11 amide bonds. The van der Waals surface area contributed by atoms with Crippen LogP contribution in [0.2, 0.25) is 0 Å². The molecule has 2 heterocycles. The molecule has 0 fully saturated rings. The highest BCUT2D eigenvalue weighted by atomic mass is 19.1. The number of aliphatic hydroxyl groups excluding tert-OH is 1. The summed E-state index contributed by atoms with van der Waals surface area (Å²) in [7, 11) is 0. The Balaban J connectivity index is 1.69. The van der Waals surface area contributed by atoms with E-state index in [0.717, 1.165) is 42.8 Å². The van der Waals surface area contributed by atoms with Crippen molar-refractivity contribution < 1.29 is 76.5 Å². The largest absolute Gasteiger partial charge is 0.481 e. The molecule has 4 rings (SSSR count). The average molecular weight is 1090 g/mol. The Labute approximate surface area is 445 Å². The van der Waals surface area contributed by atoms with Crippen LogP contribution >= 0.6 is 0 Å². The minimum Gasteiger partial charge on any atom is -0.481 e. The van der Waals surface area contributed by atoms with Crippen molar-refractivity contribution in [3.05, 3.63) is 95.8 Å². The van der Waals surface area contributed by atoms with Crippen molar-refractivity contribution in [3.63, 3.8) is 0 Å². The number of halogens is 2. The van der Waals surface area contributed by atoms with Crippen molar-refractivity contribution in [1.82, 2.24) is 46.3 Å². The second-order valence-corrected chi connectivity index (χ2v) is 19.1. The van der Waals surface area contributed by atoms with Gasteiger partial charge in [-0.05, 0) is 48.1 Å². The Morgan fingerprint density at radius 3 is 1.88 bits per heavy atom. The predicted molar refractivity (Wildman–Crippen MR) is 271 cm³/mol. The van der Waals surface area contributed by atoms with Crippen LogP contribution in [-0.2, 0) is 64.1 Å². The maximum absolute atomic E-state index is 15.4. The van der Waals surface area contributed by atoms with Crippen LogP contribution in [0.3, 0.4) is 0 Å². The van der Waals surface area contributed by atoms with Gasteiger partial charge in [-0.15, -0.1) is 0 Å². The monoisotopic (exact) mass is 1090 g/mol. The van der Waals surface area contributed by atoms with Gasteiger partial charge in [0.05, 0.1) is 18.9 Å². The third-order valence-electron chi connectivity index (χ3n) is 11.9. The molecule has 0 aliphatic carbocycles. The molecular weight excluding hydrogens is 1030 g/mol. The van der Waals surface area contributed by atoms with E-state index in [1.54, 1.807) is 55.8 Å². The molecule has 78 heavy (non-hydrogen) atoms. The highest BCUT2D eigenvalue weighted by Gasteiger charge is 2.39. The Morgan fingerprint density at radius 2 is 1.33 bits per heavy atom. The number of carbonyl (C=O) groups is 12. The second-order valence-electron chi connectivity index (χ2n) is 19.1. The first-order valence-electron chi connectivity index (χ1n) is 24.3. The number of primary amides is 2. The van der Waals surface area contributed by atoms with E-state index in [9.17, 15) is 72.1 Å². The van der Waals surface area contributed by atoms with Crippen molar-refractivity contribution in [2.24, 2.45) is 16.9 Å². The molecule has 0 spiro atoms. The number of amides is 11. The van der Waals surface area contributed by atoms with Gasteiger partial charge in [-0.3, -0.25) is 62.4 Å². The number of nitrogens with two attached hydrogens (primary N) is 2. The molecule has 5 atom stereocenters. The minimum atomic E-state index is -1.83. The van der Waals surface area contributed by atoms with Crippen LogP contribution in [0.4, 0.5) is 8.78 Å². The van der Waals surface area contributed by atoms with Crippen LogP contribution in [0.25, 0.3) is 11.1 Å². The first-order valence-corrected chi connectivity index (χ1v) is 24.3. The van der Waals surface area contributed by atoms with Crippen LogP contribution in [-0.4, -0.2) is 152 Å². The Hall–Kier alpha value is -8.88. The quantitative estimate of drug-likeness (QED) is 0.0280. The number of imide groups is 1. The van der Waals surface area contributed by atoms with Gasteiger partial charge >= 0.3 is 5.97 Å². The van der Waals surface area contributed by atoms with Gasteiger partial charge in [0.1, 0.15) is 49.0 Å². The van der Waals surface area contributed by atoms with Gasteiger partial charge in [0.2, 0.25) is 53.2 Å². The lowest BCUT2D eigenvalue weighted by Crippen LogP contribution is -2.57. The van der Waals surface area contributed by atoms with Crippen molar-refractivity contribution >= 4 is 70.9 Å². The SMILES string of the molecule is CC(=O)N[C@H](CC(=O)N[C@@H](CC(N)=O)C(=O)N[C@@H](CCN(C(=O)CO)[C@@H](c1cc(-c2cc(F)ccc2F)cn1Cc1ccccc1)C(C)(C)C)C(=O)NCCNC(=O)[C@@H](CCC(=O)O)NC(=O)CN1C(=O)C=CC1=O)C(N)=O. The molecule has 0 radical (unpaired) electrons. The first kappa shape index (κ1) is 61.7. The summed E-state index contributed by atoms with van der Waals surface area (Å²) in [6.07, 6.45) is 0.246. The summed E-state index contributed by atoms with van der Waals surface area (Å²) in [4.78, 5) is 155. The molecule has 0 unspecified atom stereocenters. The van der Waals surface area contributed by atoms with Crippen molar-refractivity contribution in [2.75, 3.05) is 32.8 Å². The lowest BCUT2D eigenvalue weighted by Gasteiger charge is -2.41. The summed E-state index contributed by atoms with van der Waals surface area (Å²) in [6.45, 7) is 3.35. The number of hydrogen-bond donors (Lipinski definition) is 10. The summed E-state index contributed by atoms with van der Waals surface area (Å²) >= 11 is 0. The highest BCUT2D eigenvalue weighted by Crippen LogP contribution is 2.41. The number of aliphatic hydroxyl groups is 1. The number of aromatic nitrogens is 1. The average Bonchev–Trinajstić information content (AvgIpc) is 4.03. The van der Waals surface area contributed by atoms with Gasteiger partial charge in [-0.1, -0.05) is 51.1 Å². The van der Waals surface area contributed by atoms with E-state index in [0.29, 0.717) is 10.6 Å². The zero-order valence-corrected chi connectivity index (χ0v) is 43.1. The fourth-order valence-corrected chi connectivity index (χ4v) is 8.35. The number of rotatable bonds is 29. The molecule has 2 aromatic carbocycles. The molecule has 1 aromatic heterocycles. The Bertz CT molecular complexity index is 2780. The first-order chi connectivity index (χ1) is 36.7. The standard InChI is InChI=1S/C51H63F2N11O14/c1-28(66)58-36(47(55)75)23-40(68)60-37(22-39(54)67)50(78)61-35(49(77)57-18-17-56-48(76)34(12-15-45(73)74)59-41(69)26-64-42(70)13-14-43(64)71)16-19-63(44(72)27-65)46(51(2,3)4)38-20-30(32-21-31(52)10-11-33(32)53)25-62(38)24-29-8-6-5-7-9-29/h5-11,13-14,20-21,25,34-37,46,65H,12,15-19,22-24,26-27H2,1-4H3,(H2,54,67)(H2,55,75)(H,56,76)(H,57,77)(H,58,66)(H,59,69)(H,60,68)(H,61,78)(H,73,74)/t34-,35+,36-,37+,46+/m1/s1. The third kappa shape index (κ3) is 18.4. The van der Waals surface area contributed by atoms with Crippen LogP contribution in [0.1, 0.15) is 77.1 Å². The zero-order chi connectivity index (χ0) is 58.0. The number of hydrogen-bond acceptors (Lipinski definition) is 13. The molecule has 12 N–H and O–H groups in total. The fourth-order valence-electron chi connectivity index (χ4n) is 8.35. The summed E-state index contributed by atoms with van der Waals surface area (Å²) in [5.74, 6) is -13.4. The number of benzene rings is 2. The van der Waals surface area contributed by atoms with Crippen LogP contribution in [0, 0.1) is 17.0 Å². The van der Waals surface area contributed by atoms with Crippen molar-refractivity contribution in [2.45, 2.75) is 96.6 Å². The molecule has 1 aliphatic rings. The topological polar surface area (TPSA) is 381 Å². The van der Waals surface area contributed by atoms with Gasteiger partial charge < -0.3 is 63.0 Å². The highest BCUT2D eigenvalue weighted by molar-refractivity contribution is 6.14. The summed E-state index contributed by atoms with van der Waals surface area (Å²) in [6, 6.07) is 5.87. The summed E-state index contributed by atoms with van der Waals surface area (Å²) in [5, 5.41) is 33.8. The van der Waals surface area contributed by atoms with E-state index < -0.39 is 183 Å². The lowest BCUT2D eigenvalue weighted by atomic mass is 9.82. The normalized spacial score (nSPS) is 14.0. The number of nitrogens with one attached hydrogen (secondary N) is 6. The third-order valence-corrected chi connectivity index (χ3v) is 11.9. The Kier molecular flexibility index (Phi) is 22.4. The molecule has 0 saturated carbocycles. The molecule has 25 nitrogen and oxygen atoms in total. The van der Waals surface area contributed by atoms with Crippen LogP contribution < -0.4 is 43.4 Å². The van der Waals surface area contributed by atoms with Crippen LogP contribution in [0.15, 0.2) is 72.9 Å². The predicted octanol–water partition coefficient (Wildman–Crippen LogP) is -1.49. The van der Waals surface area contributed by atoms with E-state index in [4.69, 9.17) is 11.5 Å². The van der Waals surface area contributed by atoms with Gasteiger partial charge in [0, 0.05) is 74.7 Å².